The van der Waals surface area contributed by atoms with Gasteiger partial charge in [0.25, 0.3) is 0 Å². The zero-order valence-corrected chi connectivity index (χ0v) is 10.6. The van der Waals surface area contributed by atoms with Gasteiger partial charge >= 0.3 is 0 Å². The van der Waals surface area contributed by atoms with Crippen molar-refractivity contribution in [3.8, 4) is 0 Å². The van der Waals surface area contributed by atoms with Crippen molar-refractivity contribution in [2.24, 2.45) is 0 Å². The zero-order valence-electron chi connectivity index (χ0n) is 10.6. The average molecular weight is 232 g/mol. The summed E-state index contributed by atoms with van der Waals surface area (Å²) in [5.74, 6) is 0.808. The molecule has 0 bridgehead atoms. The van der Waals surface area contributed by atoms with Gasteiger partial charge in [-0.05, 0) is 25.0 Å². The van der Waals surface area contributed by atoms with Gasteiger partial charge in [-0.15, -0.1) is 0 Å². The van der Waals surface area contributed by atoms with E-state index < -0.39 is 6.10 Å². The van der Waals surface area contributed by atoms with Gasteiger partial charge in [-0.1, -0.05) is 32.4 Å². The first-order valence-electron chi connectivity index (χ1n) is 6.41. The predicted molar refractivity (Wildman–Crippen MR) is 69.9 cm³/mol. The molecule has 0 saturated carbocycles. The molecule has 0 aliphatic carbocycles. The van der Waals surface area contributed by atoms with E-state index in [0.29, 0.717) is 6.42 Å². The number of rotatable bonds is 5. The standard InChI is InChI=1S/C14H20N2O/c1-3-5-10-16-12-9-7-6-8-11(12)15-14(16)13(17)4-2/h6-9,13,17H,3-5,10H2,1-2H3/t13-/m0/s1. The van der Waals surface area contributed by atoms with Crippen molar-refractivity contribution in [1.29, 1.82) is 0 Å². The summed E-state index contributed by atoms with van der Waals surface area (Å²) in [6.07, 6.45) is 2.51. The lowest BCUT2D eigenvalue weighted by Crippen LogP contribution is -2.08. The number of aryl methyl sites for hydroxylation is 1. The Kier molecular flexibility index (Phi) is 3.79. The summed E-state index contributed by atoms with van der Waals surface area (Å²) in [6.45, 7) is 5.09. The molecule has 0 unspecified atom stereocenters. The number of para-hydroxylation sites is 2. The second-order valence-electron chi connectivity index (χ2n) is 4.39. The molecule has 0 aliphatic rings. The molecule has 1 atom stereocenters. The summed E-state index contributed by atoms with van der Waals surface area (Å²) in [7, 11) is 0. The monoisotopic (exact) mass is 232 g/mol. The molecule has 0 aliphatic heterocycles. The quantitative estimate of drug-likeness (QED) is 0.859. The van der Waals surface area contributed by atoms with Crippen LogP contribution in [0.4, 0.5) is 0 Å². The molecule has 0 saturated heterocycles. The third-order valence-electron chi connectivity index (χ3n) is 3.10. The molecule has 0 spiro atoms. The number of aliphatic hydroxyl groups excluding tert-OH is 1. The SMILES string of the molecule is CCCCn1c([C@@H](O)CC)nc2ccccc21. The highest BCUT2D eigenvalue weighted by molar-refractivity contribution is 5.75. The van der Waals surface area contributed by atoms with Gasteiger partial charge in [0.2, 0.25) is 0 Å². The Labute approximate surface area is 102 Å². The molecule has 2 rings (SSSR count). The van der Waals surface area contributed by atoms with Crippen LogP contribution in [0.25, 0.3) is 11.0 Å². The van der Waals surface area contributed by atoms with Crippen LogP contribution in [0.15, 0.2) is 24.3 Å². The number of nitrogens with zero attached hydrogens (tertiary/aromatic N) is 2. The van der Waals surface area contributed by atoms with Gasteiger partial charge in [-0.2, -0.15) is 0 Å². The van der Waals surface area contributed by atoms with Crippen LogP contribution in [0.5, 0.6) is 0 Å². The van der Waals surface area contributed by atoms with Crippen molar-refractivity contribution in [2.75, 3.05) is 0 Å². The second kappa shape index (κ2) is 5.32. The van der Waals surface area contributed by atoms with Crippen molar-refractivity contribution in [3.05, 3.63) is 30.1 Å². The lowest BCUT2D eigenvalue weighted by atomic mass is 10.2. The van der Waals surface area contributed by atoms with Gasteiger partial charge in [0, 0.05) is 6.54 Å². The summed E-state index contributed by atoms with van der Waals surface area (Å²) in [6, 6.07) is 8.09. The van der Waals surface area contributed by atoms with Gasteiger partial charge in [0.05, 0.1) is 11.0 Å². The van der Waals surface area contributed by atoms with Crippen molar-refractivity contribution in [3.63, 3.8) is 0 Å². The minimum Gasteiger partial charge on any atom is -0.385 e. The molecule has 3 nitrogen and oxygen atoms in total. The first-order chi connectivity index (χ1) is 8.27. The molecular weight excluding hydrogens is 212 g/mol. The summed E-state index contributed by atoms with van der Waals surface area (Å²) in [4.78, 5) is 4.55. The molecule has 1 N–H and O–H groups in total. The van der Waals surface area contributed by atoms with E-state index in [0.717, 1.165) is 36.2 Å². The van der Waals surface area contributed by atoms with Crippen LogP contribution in [0, 0.1) is 0 Å². The number of unbranched alkanes of at least 4 members (excludes halogenated alkanes) is 1. The minimum absolute atomic E-state index is 0.459. The fourth-order valence-corrected chi connectivity index (χ4v) is 2.08. The summed E-state index contributed by atoms with van der Waals surface area (Å²) in [5.41, 5.74) is 2.11. The molecule has 0 fully saturated rings. The molecular formula is C14H20N2O. The number of fused-ring (bicyclic) bond motifs is 1. The molecule has 17 heavy (non-hydrogen) atoms. The third kappa shape index (κ3) is 2.34. The van der Waals surface area contributed by atoms with E-state index in [1.807, 2.05) is 25.1 Å². The first-order valence-corrected chi connectivity index (χ1v) is 6.41. The van der Waals surface area contributed by atoms with Crippen molar-refractivity contribution in [2.45, 2.75) is 45.8 Å². The van der Waals surface area contributed by atoms with Crippen molar-refractivity contribution >= 4 is 11.0 Å². The maximum atomic E-state index is 10.0. The Morgan fingerprint density at radius 2 is 2.06 bits per heavy atom. The maximum Gasteiger partial charge on any atom is 0.138 e. The largest absolute Gasteiger partial charge is 0.385 e. The fraction of sp³-hybridized carbons (Fsp3) is 0.500. The molecule has 1 aromatic heterocycles. The second-order valence-corrected chi connectivity index (χ2v) is 4.39. The Morgan fingerprint density at radius 3 is 2.76 bits per heavy atom. The van der Waals surface area contributed by atoms with Crippen LogP contribution in [0.2, 0.25) is 0 Å². The third-order valence-corrected chi connectivity index (χ3v) is 3.10. The van der Waals surface area contributed by atoms with Gasteiger partial charge in [-0.3, -0.25) is 0 Å². The van der Waals surface area contributed by atoms with E-state index in [2.05, 4.69) is 22.5 Å². The van der Waals surface area contributed by atoms with Gasteiger partial charge < -0.3 is 9.67 Å². The molecule has 3 heteroatoms. The van der Waals surface area contributed by atoms with E-state index >= 15 is 0 Å². The number of hydrogen-bond acceptors (Lipinski definition) is 2. The molecule has 1 heterocycles. The number of imidazole rings is 1. The number of aliphatic hydroxyl groups is 1. The highest BCUT2D eigenvalue weighted by Crippen LogP contribution is 2.23. The van der Waals surface area contributed by atoms with E-state index in [1.54, 1.807) is 0 Å². The molecule has 1 aromatic carbocycles. The lowest BCUT2D eigenvalue weighted by molar-refractivity contribution is 0.159. The lowest BCUT2D eigenvalue weighted by Gasteiger charge is -2.11. The zero-order chi connectivity index (χ0) is 12.3. The number of benzene rings is 1. The van der Waals surface area contributed by atoms with Crippen LogP contribution < -0.4 is 0 Å². The van der Waals surface area contributed by atoms with Crippen LogP contribution in [-0.2, 0) is 6.54 Å². The fourth-order valence-electron chi connectivity index (χ4n) is 2.08. The maximum absolute atomic E-state index is 10.0. The highest BCUT2D eigenvalue weighted by Gasteiger charge is 2.15. The highest BCUT2D eigenvalue weighted by atomic mass is 16.3. The van der Waals surface area contributed by atoms with Crippen LogP contribution >= 0.6 is 0 Å². The topological polar surface area (TPSA) is 38.0 Å². The van der Waals surface area contributed by atoms with Crippen LogP contribution in [-0.4, -0.2) is 14.7 Å². The Bertz CT molecular complexity index is 490. The van der Waals surface area contributed by atoms with Crippen molar-refractivity contribution < 1.29 is 5.11 Å². The first kappa shape index (κ1) is 12.1. The van der Waals surface area contributed by atoms with Gasteiger partial charge in [0.15, 0.2) is 0 Å². The van der Waals surface area contributed by atoms with Gasteiger partial charge in [0.1, 0.15) is 11.9 Å². The Hall–Kier alpha value is -1.35. The smallest absolute Gasteiger partial charge is 0.138 e. The van der Waals surface area contributed by atoms with Crippen LogP contribution in [0.3, 0.4) is 0 Å². The predicted octanol–water partition coefficient (Wildman–Crippen LogP) is 3.28. The Balaban J connectivity index is 2.48. The summed E-state index contributed by atoms with van der Waals surface area (Å²) in [5, 5.41) is 10.0. The minimum atomic E-state index is -0.459. The number of hydrogen-bond donors (Lipinski definition) is 1. The van der Waals surface area contributed by atoms with Gasteiger partial charge in [-0.25, -0.2) is 4.98 Å². The molecule has 92 valence electrons. The summed E-state index contributed by atoms with van der Waals surface area (Å²) < 4.78 is 2.16. The Morgan fingerprint density at radius 1 is 1.29 bits per heavy atom. The van der Waals surface area contributed by atoms with E-state index in [9.17, 15) is 5.11 Å². The average Bonchev–Trinajstić information content (AvgIpc) is 2.74. The molecule has 0 amide bonds. The van der Waals surface area contributed by atoms with E-state index in [-0.39, 0.29) is 0 Å². The molecule has 2 aromatic rings. The van der Waals surface area contributed by atoms with E-state index in [4.69, 9.17) is 0 Å². The van der Waals surface area contributed by atoms with Crippen LogP contribution in [0.1, 0.15) is 45.0 Å². The normalized spacial score (nSPS) is 13.1. The summed E-state index contributed by atoms with van der Waals surface area (Å²) >= 11 is 0. The van der Waals surface area contributed by atoms with Crippen molar-refractivity contribution in [1.82, 2.24) is 9.55 Å². The van der Waals surface area contributed by atoms with E-state index in [1.165, 1.54) is 0 Å². The number of aromatic nitrogens is 2. The molecule has 0 radical (unpaired) electrons.